The molecule has 106 valence electrons. The van der Waals surface area contributed by atoms with E-state index in [-0.39, 0.29) is 17.5 Å². The molecule has 19 heavy (non-hydrogen) atoms. The van der Waals surface area contributed by atoms with E-state index in [0.717, 1.165) is 6.42 Å². The van der Waals surface area contributed by atoms with Crippen LogP contribution in [-0.2, 0) is 10.0 Å². The van der Waals surface area contributed by atoms with Gasteiger partial charge in [-0.1, -0.05) is 15.9 Å². The maximum absolute atomic E-state index is 12.6. The van der Waals surface area contributed by atoms with Gasteiger partial charge in [0.25, 0.3) is 0 Å². The van der Waals surface area contributed by atoms with Crippen molar-refractivity contribution in [2.75, 3.05) is 20.3 Å². The molecular weight excluding hydrogens is 334 g/mol. The van der Waals surface area contributed by atoms with Crippen molar-refractivity contribution in [2.24, 2.45) is 0 Å². The summed E-state index contributed by atoms with van der Waals surface area (Å²) >= 11 is 3.27. The van der Waals surface area contributed by atoms with E-state index in [9.17, 15) is 13.5 Å². The minimum absolute atomic E-state index is 0.129. The molecule has 7 heteroatoms. The largest absolute Gasteiger partial charge is 0.495 e. The van der Waals surface area contributed by atoms with E-state index in [1.165, 1.54) is 17.5 Å². The Balaban J connectivity index is 2.47. The van der Waals surface area contributed by atoms with Crippen LogP contribution in [0.4, 0.5) is 0 Å². The third-order valence-electron chi connectivity index (χ3n) is 3.25. The first-order chi connectivity index (χ1) is 9.00. The number of sulfonamides is 1. The lowest BCUT2D eigenvalue weighted by atomic mass is 10.2. The van der Waals surface area contributed by atoms with Crippen molar-refractivity contribution in [2.45, 2.75) is 23.8 Å². The molecule has 1 saturated heterocycles. The molecule has 0 bridgehead atoms. The van der Waals surface area contributed by atoms with Crippen LogP contribution in [0, 0.1) is 0 Å². The van der Waals surface area contributed by atoms with E-state index in [0.29, 0.717) is 23.2 Å². The number of benzene rings is 1. The van der Waals surface area contributed by atoms with E-state index in [4.69, 9.17) is 4.74 Å². The number of hydrogen-bond donors (Lipinski definition) is 1. The van der Waals surface area contributed by atoms with Gasteiger partial charge < -0.3 is 9.84 Å². The maximum Gasteiger partial charge on any atom is 0.247 e. The molecule has 0 saturated carbocycles. The number of hydrogen-bond acceptors (Lipinski definition) is 4. The molecule has 5 nitrogen and oxygen atoms in total. The first-order valence-electron chi connectivity index (χ1n) is 5.97. The number of nitrogens with zero attached hydrogens (tertiary/aromatic N) is 1. The summed E-state index contributed by atoms with van der Waals surface area (Å²) < 4.78 is 32.5. The zero-order valence-corrected chi connectivity index (χ0v) is 12.9. The number of methoxy groups -OCH3 is 1. The molecular formula is C12H16BrNO4S. The highest BCUT2D eigenvalue weighted by molar-refractivity contribution is 9.10. The summed E-state index contributed by atoms with van der Waals surface area (Å²) in [6.07, 6.45) is 1.45. The third kappa shape index (κ3) is 2.79. The van der Waals surface area contributed by atoms with Gasteiger partial charge in [-0.2, -0.15) is 4.31 Å². The molecule has 1 aromatic carbocycles. The van der Waals surface area contributed by atoms with Crippen molar-refractivity contribution in [3.8, 4) is 5.75 Å². The normalized spacial score (nSPS) is 20.7. The molecule has 0 unspecified atom stereocenters. The zero-order chi connectivity index (χ0) is 14.0. The minimum atomic E-state index is -3.65. The summed E-state index contributed by atoms with van der Waals surface area (Å²) in [5.41, 5.74) is 0. The van der Waals surface area contributed by atoms with E-state index in [2.05, 4.69) is 15.9 Å². The molecule has 0 amide bonds. The smallest absolute Gasteiger partial charge is 0.247 e. The predicted molar refractivity (Wildman–Crippen MR) is 74.7 cm³/mol. The highest BCUT2D eigenvalue weighted by Crippen LogP contribution is 2.33. The summed E-state index contributed by atoms with van der Waals surface area (Å²) in [6, 6.07) is 4.53. The molecule has 0 aliphatic carbocycles. The van der Waals surface area contributed by atoms with Crippen molar-refractivity contribution in [1.29, 1.82) is 0 Å². The van der Waals surface area contributed by atoms with E-state index < -0.39 is 10.0 Å². The van der Waals surface area contributed by atoms with Crippen molar-refractivity contribution >= 4 is 26.0 Å². The Hall–Kier alpha value is -0.630. The number of rotatable bonds is 4. The summed E-state index contributed by atoms with van der Waals surface area (Å²) in [5, 5.41) is 9.28. The van der Waals surface area contributed by atoms with Gasteiger partial charge >= 0.3 is 0 Å². The fraction of sp³-hybridized carbons (Fsp3) is 0.500. The Labute approximate surface area is 121 Å². The van der Waals surface area contributed by atoms with Gasteiger partial charge in [0.05, 0.1) is 13.7 Å². The highest BCUT2D eigenvalue weighted by Gasteiger charge is 2.36. The Morgan fingerprint density at radius 1 is 1.53 bits per heavy atom. The van der Waals surface area contributed by atoms with Gasteiger partial charge in [0.2, 0.25) is 10.0 Å². The van der Waals surface area contributed by atoms with E-state index in [1.54, 1.807) is 12.1 Å². The zero-order valence-electron chi connectivity index (χ0n) is 10.5. The number of ether oxygens (including phenoxy) is 1. The average molecular weight is 350 g/mol. The van der Waals surface area contributed by atoms with Crippen molar-refractivity contribution < 1.29 is 18.3 Å². The molecule has 1 heterocycles. The Bertz CT molecular complexity index is 561. The van der Waals surface area contributed by atoms with Crippen LogP contribution < -0.4 is 4.74 Å². The van der Waals surface area contributed by atoms with Gasteiger partial charge in [-0.15, -0.1) is 0 Å². The van der Waals surface area contributed by atoms with Gasteiger partial charge in [0.15, 0.2) is 0 Å². The molecule has 1 aromatic rings. The molecule has 1 aliphatic rings. The molecule has 2 rings (SSSR count). The Morgan fingerprint density at radius 2 is 2.26 bits per heavy atom. The highest BCUT2D eigenvalue weighted by atomic mass is 79.9. The maximum atomic E-state index is 12.6. The third-order valence-corrected chi connectivity index (χ3v) is 5.71. The van der Waals surface area contributed by atoms with Crippen molar-refractivity contribution in [1.82, 2.24) is 4.31 Å². The van der Waals surface area contributed by atoms with Crippen LogP contribution in [0.3, 0.4) is 0 Å². The summed E-state index contributed by atoms with van der Waals surface area (Å²) in [4.78, 5) is 0.129. The Kier molecular flexibility index (Phi) is 4.50. The summed E-state index contributed by atoms with van der Waals surface area (Å²) in [7, 11) is -2.21. The summed E-state index contributed by atoms with van der Waals surface area (Å²) in [6.45, 7) is 0.277. The molecule has 0 radical (unpaired) electrons. The molecule has 1 aliphatic heterocycles. The molecule has 0 aromatic heterocycles. The number of aliphatic hydroxyl groups is 1. The first kappa shape index (κ1) is 14.8. The second-order valence-electron chi connectivity index (χ2n) is 4.39. The summed E-state index contributed by atoms with van der Waals surface area (Å²) in [5.74, 6) is 0.312. The fourth-order valence-electron chi connectivity index (χ4n) is 2.29. The number of halogens is 1. The van der Waals surface area contributed by atoms with Gasteiger partial charge in [-0.25, -0.2) is 8.42 Å². The van der Waals surface area contributed by atoms with Gasteiger partial charge in [0.1, 0.15) is 10.6 Å². The van der Waals surface area contributed by atoms with Crippen LogP contribution in [0.15, 0.2) is 27.6 Å². The lowest BCUT2D eigenvalue weighted by Gasteiger charge is -2.23. The van der Waals surface area contributed by atoms with Crippen molar-refractivity contribution in [3.63, 3.8) is 0 Å². The SMILES string of the molecule is COc1ccc(Br)cc1S(=O)(=O)N1CCC[C@H]1CO. The molecule has 1 N–H and O–H groups in total. The number of aliphatic hydroxyl groups excluding tert-OH is 1. The monoisotopic (exact) mass is 349 g/mol. The van der Waals surface area contributed by atoms with Crippen LogP contribution in [0.25, 0.3) is 0 Å². The van der Waals surface area contributed by atoms with E-state index in [1.807, 2.05) is 0 Å². The van der Waals surface area contributed by atoms with Crippen LogP contribution >= 0.6 is 15.9 Å². The van der Waals surface area contributed by atoms with Gasteiger partial charge in [-0.05, 0) is 31.0 Å². The average Bonchev–Trinajstić information content (AvgIpc) is 2.87. The first-order valence-corrected chi connectivity index (χ1v) is 8.20. The topological polar surface area (TPSA) is 66.8 Å². The van der Waals surface area contributed by atoms with Crippen LogP contribution in [0.5, 0.6) is 5.75 Å². The second kappa shape index (κ2) is 5.78. The molecule has 1 fully saturated rings. The van der Waals surface area contributed by atoms with Crippen LogP contribution in [0.2, 0.25) is 0 Å². The van der Waals surface area contributed by atoms with Gasteiger partial charge in [0, 0.05) is 17.1 Å². The minimum Gasteiger partial charge on any atom is -0.495 e. The fourth-order valence-corrected chi connectivity index (χ4v) is 4.67. The standard InChI is InChI=1S/C12H16BrNO4S/c1-18-11-5-4-9(13)7-12(11)19(16,17)14-6-2-3-10(14)8-15/h4-5,7,10,15H,2-3,6,8H2,1H3/t10-/m0/s1. The predicted octanol–water partition coefficient (Wildman–Crippen LogP) is 1.60. The van der Waals surface area contributed by atoms with E-state index >= 15 is 0 Å². The Morgan fingerprint density at radius 3 is 2.89 bits per heavy atom. The quantitative estimate of drug-likeness (QED) is 0.896. The molecule has 0 spiro atoms. The second-order valence-corrected chi connectivity index (χ2v) is 7.16. The lowest BCUT2D eigenvalue weighted by molar-refractivity contribution is 0.213. The van der Waals surface area contributed by atoms with Crippen LogP contribution in [-0.4, -0.2) is 44.1 Å². The lowest BCUT2D eigenvalue weighted by Crippen LogP contribution is -2.37. The van der Waals surface area contributed by atoms with Crippen LogP contribution in [0.1, 0.15) is 12.8 Å². The van der Waals surface area contributed by atoms with Gasteiger partial charge in [-0.3, -0.25) is 0 Å². The van der Waals surface area contributed by atoms with Crippen molar-refractivity contribution in [3.05, 3.63) is 22.7 Å². The molecule has 1 atom stereocenters.